The molecule has 0 aliphatic heterocycles. The molecular formula is C18H17ClN4O2S. The number of hydrazine groups is 1. The molecule has 8 heteroatoms. The summed E-state index contributed by atoms with van der Waals surface area (Å²) >= 11 is 7.11. The third kappa shape index (κ3) is 3.84. The molecular weight excluding hydrogens is 372 g/mol. The van der Waals surface area contributed by atoms with E-state index in [1.54, 1.807) is 24.3 Å². The first kappa shape index (κ1) is 18.3. The molecule has 2 aromatic heterocycles. The average molecular weight is 389 g/mol. The van der Waals surface area contributed by atoms with Crippen LogP contribution in [0.15, 0.2) is 24.3 Å². The zero-order chi connectivity index (χ0) is 18.8. The molecule has 0 saturated carbocycles. The molecule has 2 N–H and O–H groups in total. The maximum atomic E-state index is 12.5. The second-order valence-corrected chi connectivity index (χ2v) is 7.33. The summed E-state index contributed by atoms with van der Waals surface area (Å²) in [6.45, 7) is 5.57. The molecule has 0 aliphatic rings. The Morgan fingerprint density at radius 1 is 1.08 bits per heavy atom. The number of hydrogen-bond acceptors (Lipinski definition) is 5. The number of halogens is 1. The van der Waals surface area contributed by atoms with Gasteiger partial charge in [0.15, 0.2) is 0 Å². The minimum atomic E-state index is -0.369. The molecule has 0 unspecified atom stereocenters. The van der Waals surface area contributed by atoms with Crippen LogP contribution < -0.4 is 10.9 Å². The largest absolute Gasteiger partial charge is 0.280 e. The molecule has 2 amide bonds. The summed E-state index contributed by atoms with van der Waals surface area (Å²) in [6.07, 6.45) is 0.145. The molecule has 3 rings (SSSR count). The van der Waals surface area contributed by atoms with E-state index in [4.69, 9.17) is 11.6 Å². The van der Waals surface area contributed by atoms with E-state index >= 15 is 0 Å². The Morgan fingerprint density at radius 2 is 1.77 bits per heavy atom. The van der Waals surface area contributed by atoms with E-state index in [-0.39, 0.29) is 18.2 Å². The normalized spacial score (nSPS) is 10.8. The van der Waals surface area contributed by atoms with Gasteiger partial charge >= 0.3 is 0 Å². The smallest absolute Gasteiger partial charge is 0.273 e. The fourth-order valence-corrected chi connectivity index (χ4v) is 4.00. The summed E-state index contributed by atoms with van der Waals surface area (Å²) in [5.41, 5.74) is 7.36. The second kappa shape index (κ2) is 7.39. The van der Waals surface area contributed by atoms with Gasteiger partial charge in [-0.1, -0.05) is 23.7 Å². The number of nitrogens with zero attached hydrogens (tertiary/aromatic N) is 2. The number of hydrogen-bond donors (Lipinski definition) is 2. The summed E-state index contributed by atoms with van der Waals surface area (Å²) in [5, 5.41) is 1.49. The lowest BCUT2D eigenvalue weighted by atomic mass is 10.1. The Labute approximate surface area is 159 Å². The van der Waals surface area contributed by atoms with Crippen LogP contribution in [0.25, 0.3) is 10.2 Å². The molecule has 2 heterocycles. The van der Waals surface area contributed by atoms with Gasteiger partial charge in [0.1, 0.15) is 10.7 Å². The topological polar surface area (TPSA) is 84.0 Å². The van der Waals surface area contributed by atoms with Crippen molar-refractivity contribution in [3.8, 4) is 0 Å². The predicted octanol–water partition coefficient (Wildman–Crippen LogP) is 3.27. The van der Waals surface area contributed by atoms with Crippen molar-refractivity contribution in [3.63, 3.8) is 0 Å². The van der Waals surface area contributed by atoms with Gasteiger partial charge in [0.05, 0.1) is 11.3 Å². The number of carbonyl (C=O) groups is 2. The summed E-state index contributed by atoms with van der Waals surface area (Å²) < 4.78 is 0. The number of amides is 2. The standard InChI is InChI=1S/C18H17ClN4O2S/c1-9-15-10(2)20-11(3)21-18(15)26-16(9)17(25)23-22-14(24)8-12-4-6-13(19)7-5-12/h4-7H,8H2,1-3H3,(H,22,24)(H,23,25). The van der Waals surface area contributed by atoms with E-state index in [0.29, 0.717) is 15.7 Å². The SMILES string of the molecule is Cc1nc(C)c2c(C)c(C(=O)NNC(=O)Cc3ccc(Cl)cc3)sc2n1. The first-order valence-electron chi connectivity index (χ1n) is 7.93. The van der Waals surface area contributed by atoms with Gasteiger partial charge in [-0.15, -0.1) is 11.3 Å². The number of nitrogens with one attached hydrogen (secondary N) is 2. The molecule has 6 nitrogen and oxygen atoms in total. The van der Waals surface area contributed by atoms with E-state index in [0.717, 1.165) is 27.0 Å². The van der Waals surface area contributed by atoms with Gasteiger partial charge in [-0.25, -0.2) is 9.97 Å². The fourth-order valence-electron chi connectivity index (χ4n) is 2.71. The number of thiophene rings is 1. The number of aryl methyl sites for hydroxylation is 3. The third-order valence-corrected chi connectivity index (χ3v) is 5.32. The molecule has 0 fully saturated rings. The van der Waals surface area contributed by atoms with Crippen LogP contribution in [-0.4, -0.2) is 21.8 Å². The second-order valence-electron chi connectivity index (χ2n) is 5.90. The van der Waals surface area contributed by atoms with Crippen molar-refractivity contribution in [1.82, 2.24) is 20.8 Å². The number of carbonyl (C=O) groups excluding carboxylic acids is 2. The average Bonchev–Trinajstić information content (AvgIpc) is 2.91. The minimum Gasteiger partial charge on any atom is -0.273 e. The molecule has 0 bridgehead atoms. The molecule has 0 spiro atoms. The van der Waals surface area contributed by atoms with Crippen molar-refractivity contribution in [2.24, 2.45) is 0 Å². The molecule has 134 valence electrons. The summed E-state index contributed by atoms with van der Waals surface area (Å²) in [4.78, 5) is 34.5. The van der Waals surface area contributed by atoms with Crippen LogP contribution >= 0.6 is 22.9 Å². The maximum Gasteiger partial charge on any atom is 0.280 e. The van der Waals surface area contributed by atoms with Gasteiger partial charge in [0.2, 0.25) is 5.91 Å². The highest BCUT2D eigenvalue weighted by molar-refractivity contribution is 7.20. The Balaban J connectivity index is 1.69. The molecule has 0 radical (unpaired) electrons. The number of benzene rings is 1. The molecule has 26 heavy (non-hydrogen) atoms. The zero-order valence-corrected chi connectivity index (χ0v) is 16.1. The maximum absolute atomic E-state index is 12.5. The van der Waals surface area contributed by atoms with Crippen LogP contribution in [0.5, 0.6) is 0 Å². The van der Waals surface area contributed by atoms with Crippen LogP contribution in [0.4, 0.5) is 0 Å². The monoisotopic (exact) mass is 388 g/mol. The number of rotatable bonds is 3. The Bertz CT molecular complexity index is 999. The van der Waals surface area contributed by atoms with E-state index in [1.165, 1.54) is 11.3 Å². The number of aromatic nitrogens is 2. The highest BCUT2D eigenvalue weighted by atomic mass is 35.5. The van der Waals surface area contributed by atoms with Gasteiger partial charge in [0, 0.05) is 16.1 Å². The van der Waals surface area contributed by atoms with E-state index < -0.39 is 0 Å². The van der Waals surface area contributed by atoms with Gasteiger partial charge in [-0.3, -0.25) is 20.4 Å². The highest BCUT2D eigenvalue weighted by Crippen LogP contribution is 2.30. The molecule has 1 aromatic carbocycles. The van der Waals surface area contributed by atoms with Crippen molar-refractivity contribution in [2.75, 3.05) is 0 Å². The van der Waals surface area contributed by atoms with Gasteiger partial charge in [-0.2, -0.15) is 0 Å². The van der Waals surface area contributed by atoms with E-state index in [1.807, 2.05) is 20.8 Å². The first-order valence-corrected chi connectivity index (χ1v) is 9.12. The van der Waals surface area contributed by atoms with Crippen molar-refractivity contribution in [1.29, 1.82) is 0 Å². The Kier molecular flexibility index (Phi) is 5.20. The van der Waals surface area contributed by atoms with Crippen LogP contribution in [-0.2, 0) is 11.2 Å². The fraction of sp³-hybridized carbons (Fsp3) is 0.222. The molecule has 0 atom stereocenters. The molecule has 0 saturated heterocycles. The summed E-state index contributed by atoms with van der Waals surface area (Å²) in [7, 11) is 0. The first-order chi connectivity index (χ1) is 12.3. The van der Waals surface area contributed by atoms with Crippen LogP contribution in [0.3, 0.4) is 0 Å². The van der Waals surface area contributed by atoms with Gasteiger partial charge in [0.25, 0.3) is 5.91 Å². The molecule has 3 aromatic rings. The quantitative estimate of drug-likeness (QED) is 0.674. The van der Waals surface area contributed by atoms with Crippen molar-refractivity contribution in [3.05, 3.63) is 56.8 Å². The summed E-state index contributed by atoms with van der Waals surface area (Å²) in [5.74, 6) is -0.0160. The van der Waals surface area contributed by atoms with Crippen LogP contribution in [0, 0.1) is 20.8 Å². The lowest BCUT2D eigenvalue weighted by Crippen LogP contribution is -2.42. The lowest BCUT2D eigenvalue weighted by molar-refractivity contribution is -0.121. The van der Waals surface area contributed by atoms with Crippen LogP contribution in [0.2, 0.25) is 5.02 Å². The van der Waals surface area contributed by atoms with Crippen LogP contribution in [0.1, 0.15) is 32.3 Å². The molecule has 0 aliphatic carbocycles. The Morgan fingerprint density at radius 3 is 2.46 bits per heavy atom. The predicted molar refractivity (Wildman–Crippen MR) is 102 cm³/mol. The Hall–Kier alpha value is -2.51. The lowest BCUT2D eigenvalue weighted by Gasteiger charge is -2.07. The van der Waals surface area contributed by atoms with Gasteiger partial charge < -0.3 is 0 Å². The highest BCUT2D eigenvalue weighted by Gasteiger charge is 2.19. The van der Waals surface area contributed by atoms with Crippen molar-refractivity contribution in [2.45, 2.75) is 27.2 Å². The minimum absolute atomic E-state index is 0.145. The van der Waals surface area contributed by atoms with Gasteiger partial charge in [-0.05, 0) is 44.0 Å². The van der Waals surface area contributed by atoms with E-state index in [2.05, 4.69) is 20.8 Å². The zero-order valence-electron chi connectivity index (χ0n) is 14.5. The number of fused-ring (bicyclic) bond motifs is 1. The van der Waals surface area contributed by atoms with E-state index in [9.17, 15) is 9.59 Å². The van der Waals surface area contributed by atoms with Crippen molar-refractivity contribution >= 4 is 45.0 Å². The summed E-state index contributed by atoms with van der Waals surface area (Å²) in [6, 6.07) is 6.97. The van der Waals surface area contributed by atoms with Crippen molar-refractivity contribution < 1.29 is 9.59 Å². The third-order valence-electron chi connectivity index (χ3n) is 3.88.